The molecule has 0 aliphatic carbocycles. The van der Waals surface area contributed by atoms with Crippen LogP contribution in [0.4, 0.5) is 11.6 Å². The number of aromatic nitrogens is 3. The van der Waals surface area contributed by atoms with E-state index in [0.717, 1.165) is 11.1 Å². The van der Waals surface area contributed by atoms with Crippen molar-refractivity contribution < 1.29 is 0 Å². The largest absolute Gasteiger partial charge is 0.324 e. The molecule has 4 nitrogen and oxygen atoms in total. The van der Waals surface area contributed by atoms with Crippen molar-refractivity contribution in [3.05, 3.63) is 55.1 Å². The summed E-state index contributed by atoms with van der Waals surface area (Å²) in [6.07, 6.45) is 2.95. The molecule has 0 aliphatic heterocycles. The Kier molecular flexibility index (Phi) is 2.38. The summed E-state index contributed by atoms with van der Waals surface area (Å²) in [5.41, 5.74) is 0.995. The highest BCUT2D eigenvalue weighted by Crippen LogP contribution is 2.24. The molecule has 0 amide bonds. The maximum absolute atomic E-state index is 4.05. The monoisotopic (exact) mass is 222 g/mol. The zero-order valence-corrected chi connectivity index (χ0v) is 9.04. The molecule has 0 saturated heterocycles. The van der Waals surface area contributed by atoms with E-state index < -0.39 is 0 Å². The van der Waals surface area contributed by atoms with Crippen LogP contribution in [0.3, 0.4) is 0 Å². The third-order valence-corrected chi connectivity index (χ3v) is 2.53. The molecule has 0 atom stereocenters. The molecule has 0 unspecified atom stereocenters. The Balaban J connectivity index is 2.06. The predicted octanol–water partition coefficient (Wildman–Crippen LogP) is 2.77. The Labute approximate surface area is 98.4 Å². The zero-order chi connectivity index (χ0) is 11.5. The van der Waals surface area contributed by atoms with Crippen LogP contribution in [0, 0.1) is 0 Å². The number of fused-ring (bicyclic) bond motifs is 1. The van der Waals surface area contributed by atoms with Gasteiger partial charge < -0.3 is 5.32 Å². The van der Waals surface area contributed by atoms with Gasteiger partial charge >= 0.3 is 0 Å². The van der Waals surface area contributed by atoms with Gasteiger partial charge in [-0.05, 0) is 11.5 Å². The van der Waals surface area contributed by atoms with Crippen LogP contribution in [0.2, 0.25) is 0 Å². The van der Waals surface area contributed by atoms with Crippen LogP contribution in [0.1, 0.15) is 0 Å². The molecule has 2 aromatic carbocycles. The minimum Gasteiger partial charge on any atom is -0.324 e. The molecular formula is C13H10N4. The maximum Gasteiger partial charge on any atom is 0.230 e. The lowest BCUT2D eigenvalue weighted by Crippen LogP contribution is -1.97. The molecule has 3 rings (SSSR count). The highest BCUT2D eigenvalue weighted by Gasteiger charge is 2.01. The lowest BCUT2D eigenvalue weighted by atomic mass is 10.1. The Hall–Kier alpha value is -2.49. The summed E-state index contributed by atoms with van der Waals surface area (Å²) in [4.78, 5) is 11.9. The first-order valence-corrected chi connectivity index (χ1v) is 5.30. The van der Waals surface area contributed by atoms with Gasteiger partial charge in [-0.2, -0.15) is 0 Å². The normalized spacial score (nSPS) is 10.4. The van der Waals surface area contributed by atoms with E-state index in [1.807, 2.05) is 24.3 Å². The SMILES string of the molecule is c1ccc2c(Nc3ncncn3)cccc2c1. The molecule has 0 aliphatic rings. The van der Waals surface area contributed by atoms with Crippen molar-refractivity contribution >= 4 is 22.4 Å². The van der Waals surface area contributed by atoms with Crippen LogP contribution in [0.25, 0.3) is 10.8 Å². The van der Waals surface area contributed by atoms with Crippen molar-refractivity contribution in [2.24, 2.45) is 0 Å². The quantitative estimate of drug-likeness (QED) is 0.724. The summed E-state index contributed by atoms with van der Waals surface area (Å²) in [7, 11) is 0. The lowest BCUT2D eigenvalue weighted by molar-refractivity contribution is 1.05. The van der Waals surface area contributed by atoms with Gasteiger partial charge in [-0.1, -0.05) is 36.4 Å². The van der Waals surface area contributed by atoms with Crippen molar-refractivity contribution in [2.75, 3.05) is 5.32 Å². The van der Waals surface area contributed by atoms with E-state index in [1.165, 1.54) is 18.0 Å². The van der Waals surface area contributed by atoms with Crippen LogP contribution in [-0.2, 0) is 0 Å². The van der Waals surface area contributed by atoms with E-state index >= 15 is 0 Å². The van der Waals surface area contributed by atoms with Gasteiger partial charge in [0, 0.05) is 11.1 Å². The Morgan fingerprint density at radius 2 is 1.59 bits per heavy atom. The van der Waals surface area contributed by atoms with Gasteiger partial charge in [-0.25, -0.2) is 15.0 Å². The molecule has 0 fully saturated rings. The summed E-state index contributed by atoms with van der Waals surface area (Å²) < 4.78 is 0. The molecule has 0 spiro atoms. The smallest absolute Gasteiger partial charge is 0.230 e. The van der Waals surface area contributed by atoms with Gasteiger partial charge in [0.15, 0.2) is 0 Å². The van der Waals surface area contributed by atoms with Crippen LogP contribution >= 0.6 is 0 Å². The topological polar surface area (TPSA) is 50.7 Å². The van der Waals surface area contributed by atoms with Crippen molar-refractivity contribution in [1.82, 2.24) is 15.0 Å². The number of nitrogens with one attached hydrogen (secondary N) is 1. The van der Waals surface area contributed by atoms with Gasteiger partial charge in [0.05, 0.1) is 0 Å². The first kappa shape index (κ1) is 9.72. The number of nitrogens with zero attached hydrogens (tertiary/aromatic N) is 3. The zero-order valence-electron chi connectivity index (χ0n) is 9.04. The minimum atomic E-state index is 0.552. The fraction of sp³-hybridized carbons (Fsp3) is 0. The van der Waals surface area contributed by atoms with E-state index in [4.69, 9.17) is 0 Å². The van der Waals surface area contributed by atoms with Crippen LogP contribution in [0.5, 0.6) is 0 Å². The number of benzene rings is 2. The van der Waals surface area contributed by atoms with E-state index in [0.29, 0.717) is 5.95 Å². The van der Waals surface area contributed by atoms with E-state index in [9.17, 15) is 0 Å². The van der Waals surface area contributed by atoms with Gasteiger partial charge in [-0.15, -0.1) is 0 Å². The number of hydrogen-bond donors (Lipinski definition) is 1. The molecule has 3 aromatic rings. The van der Waals surface area contributed by atoms with Gasteiger partial charge in [0.2, 0.25) is 5.95 Å². The third kappa shape index (κ3) is 1.92. The average Bonchev–Trinajstić information content (AvgIpc) is 2.40. The summed E-state index contributed by atoms with van der Waals surface area (Å²) >= 11 is 0. The summed E-state index contributed by atoms with van der Waals surface area (Å²) in [6, 6.07) is 14.3. The van der Waals surface area contributed by atoms with Crippen LogP contribution in [-0.4, -0.2) is 15.0 Å². The van der Waals surface area contributed by atoms with Gasteiger partial charge in [0.1, 0.15) is 12.7 Å². The predicted molar refractivity (Wildman–Crippen MR) is 67.1 cm³/mol. The standard InChI is InChI=1S/C13H10N4/c1-2-6-11-10(4-1)5-3-7-12(11)17-13-15-8-14-9-16-13/h1-9H,(H,14,15,16,17). The summed E-state index contributed by atoms with van der Waals surface area (Å²) in [5.74, 6) is 0.552. The minimum absolute atomic E-state index is 0.552. The van der Waals surface area contributed by atoms with E-state index in [-0.39, 0.29) is 0 Å². The molecule has 1 N–H and O–H groups in total. The van der Waals surface area contributed by atoms with Gasteiger partial charge in [-0.3, -0.25) is 0 Å². The van der Waals surface area contributed by atoms with E-state index in [2.05, 4.69) is 38.5 Å². The van der Waals surface area contributed by atoms with Crippen LogP contribution < -0.4 is 5.32 Å². The molecule has 17 heavy (non-hydrogen) atoms. The number of hydrogen-bond acceptors (Lipinski definition) is 4. The molecule has 0 radical (unpaired) electrons. The Morgan fingerprint density at radius 3 is 2.47 bits per heavy atom. The second-order valence-corrected chi connectivity index (χ2v) is 3.61. The molecule has 1 aromatic heterocycles. The highest BCUT2D eigenvalue weighted by atomic mass is 15.1. The number of anilines is 2. The average molecular weight is 222 g/mol. The second-order valence-electron chi connectivity index (χ2n) is 3.61. The molecule has 1 heterocycles. The second kappa shape index (κ2) is 4.17. The molecular weight excluding hydrogens is 212 g/mol. The summed E-state index contributed by atoms with van der Waals surface area (Å²) in [5, 5.41) is 5.52. The lowest BCUT2D eigenvalue weighted by Gasteiger charge is -2.07. The summed E-state index contributed by atoms with van der Waals surface area (Å²) in [6.45, 7) is 0. The molecule has 0 bridgehead atoms. The third-order valence-electron chi connectivity index (χ3n) is 2.53. The molecule has 4 heteroatoms. The Bertz CT molecular complexity index is 632. The maximum atomic E-state index is 4.05. The first-order chi connectivity index (χ1) is 8.43. The van der Waals surface area contributed by atoms with Gasteiger partial charge in [0.25, 0.3) is 0 Å². The van der Waals surface area contributed by atoms with Crippen molar-refractivity contribution in [3.8, 4) is 0 Å². The van der Waals surface area contributed by atoms with Crippen LogP contribution in [0.15, 0.2) is 55.1 Å². The molecule has 0 saturated carbocycles. The van der Waals surface area contributed by atoms with Crippen molar-refractivity contribution in [1.29, 1.82) is 0 Å². The molecule has 82 valence electrons. The highest BCUT2D eigenvalue weighted by molar-refractivity contribution is 5.94. The fourth-order valence-corrected chi connectivity index (χ4v) is 1.76. The fourth-order valence-electron chi connectivity index (χ4n) is 1.76. The first-order valence-electron chi connectivity index (χ1n) is 5.30. The van der Waals surface area contributed by atoms with E-state index in [1.54, 1.807) is 0 Å². The van der Waals surface area contributed by atoms with Crippen molar-refractivity contribution in [3.63, 3.8) is 0 Å². The van der Waals surface area contributed by atoms with Crippen molar-refractivity contribution in [2.45, 2.75) is 0 Å². The Morgan fingerprint density at radius 1 is 0.824 bits per heavy atom. The number of rotatable bonds is 2.